The number of rotatable bonds is 6. The van der Waals surface area contributed by atoms with E-state index in [2.05, 4.69) is 45.9 Å². The number of carbonyl (C=O) groups is 1. The Hall–Kier alpha value is -2.37. The van der Waals surface area contributed by atoms with Crippen molar-refractivity contribution in [1.29, 1.82) is 0 Å². The molecule has 2 aromatic rings. The van der Waals surface area contributed by atoms with E-state index in [1.807, 2.05) is 25.1 Å². The van der Waals surface area contributed by atoms with E-state index < -0.39 is 0 Å². The molecule has 0 atom stereocenters. The molecular formula is C25H33N3O2. The van der Waals surface area contributed by atoms with Crippen molar-refractivity contribution in [2.75, 3.05) is 26.2 Å². The second-order valence-corrected chi connectivity index (χ2v) is 8.56. The second-order valence-electron chi connectivity index (χ2n) is 8.56. The van der Waals surface area contributed by atoms with Gasteiger partial charge in [0.25, 0.3) is 5.91 Å². The number of nitrogens with one attached hydrogen (secondary N) is 2. The lowest BCUT2D eigenvalue weighted by Crippen LogP contribution is -2.44. The highest BCUT2D eigenvalue weighted by Gasteiger charge is 2.22. The number of hydrogen-bond acceptors (Lipinski definition) is 4. The smallest absolute Gasteiger partial charge is 0.251 e. The van der Waals surface area contributed by atoms with Crippen LogP contribution in [0.1, 0.15) is 47.2 Å². The zero-order chi connectivity index (χ0) is 20.8. The number of piperidine rings is 2. The molecule has 2 fully saturated rings. The molecule has 1 amide bonds. The van der Waals surface area contributed by atoms with Gasteiger partial charge < -0.3 is 15.4 Å². The first kappa shape index (κ1) is 20.9. The fraction of sp³-hybridized carbons (Fsp3) is 0.480. The molecule has 0 saturated carbocycles. The summed E-state index contributed by atoms with van der Waals surface area (Å²) in [5.74, 6) is 0.917. The molecule has 4 rings (SSSR count). The van der Waals surface area contributed by atoms with Crippen LogP contribution in [0.3, 0.4) is 0 Å². The van der Waals surface area contributed by atoms with Crippen molar-refractivity contribution >= 4 is 5.91 Å². The first-order valence-electron chi connectivity index (χ1n) is 11.2. The van der Waals surface area contributed by atoms with Gasteiger partial charge >= 0.3 is 0 Å². The van der Waals surface area contributed by atoms with Crippen LogP contribution in [0.4, 0.5) is 0 Å². The summed E-state index contributed by atoms with van der Waals surface area (Å²) in [6.45, 7) is 7.06. The van der Waals surface area contributed by atoms with Crippen molar-refractivity contribution in [3.8, 4) is 5.75 Å². The maximum atomic E-state index is 12.8. The van der Waals surface area contributed by atoms with Crippen molar-refractivity contribution in [1.82, 2.24) is 15.5 Å². The Balaban J connectivity index is 1.26. The minimum Gasteiger partial charge on any atom is -0.490 e. The largest absolute Gasteiger partial charge is 0.490 e. The highest BCUT2D eigenvalue weighted by molar-refractivity contribution is 5.94. The zero-order valence-corrected chi connectivity index (χ0v) is 17.9. The number of carbonyl (C=O) groups excluding carboxylic acids is 1. The molecule has 2 aliphatic heterocycles. The van der Waals surface area contributed by atoms with Gasteiger partial charge in [-0.25, -0.2) is 0 Å². The Kier molecular flexibility index (Phi) is 7.03. The predicted molar refractivity (Wildman–Crippen MR) is 120 cm³/mol. The third kappa shape index (κ3) is 5.61. The molecule has 2 heterocycles. The van der Waals surface area contributed by atoms with Crippen LogP contribution in [0.5, 0.6) is 5.75 Å². The number of aryl methyl sites for hydroxylation is 1. The molecule has 5 heteroatoms. The Labute approximate surface area is 179 Å². The summed E-state index contributed by atoms with van der Waals surface area (Å²) in [7, 11) is 0. The van der Waals surface area contributed by atoms with Crippen molar-refractivity contribution in [2.45, 2.75) is 51.3 Å². The topological polar surface area (TPSA) is 53.6 Å². The monoisotopic (exact) mass is 407 g/mol. The van der Waals surface area contributed by atoms with Crippen molar-refractivity contribution < 1.29 is 9.53 Å². The maximum absolute atomic E-state index is 12.8. The summed E-state index contributed by atoms with van der Waals surface area (Å²) < 4.78 is 6.15. The van der Waals surface area contributed by atoms with E-state index in [-0.39, 0.29) is 18.1 Å². The molecule has 0 aliphatic carbocycles. The number of hydrogen-bond donors (Lipinski definition) is 2. The number of ether oxygens (including phenoxy) is 1. The Bertz CT molecular complexity index is 826. The molecule has 0 radical (unpaired) electrons. The molecule has 2 saturated heterocycles. The number of amides is 1. The van der Waals surface area contributed by atoms with Crippen LogP contribution in [0.25, 0.3) is 0 Å². The van der Waals surface area contributed by atoms with E-state index in [9.17, 15) is 4.79 Å². The Morgan fingerprint density at radius 2 is 1.80 bits per heavy atom. The van der Waals surface area contributed by atoms with Gasteiger partial charge in [-0.05, 0) is 75.0 Å². The molecular weight excluding hydrogens is 374 g/mol. The number of nitrogens with zero attached hydrogens (tertiary/aromatic N) is 1. The molecule has 0 unspecified atom stereocenters. The molecule has 2 aliphatic rings. The van der Waals surface area contributed by atoms with Crippen LogP contribution in [0.15, 0.2) is 48.5 Å². The van der Waals surface area contributed by atoms with Gasteiger partial charge in [0, 0.05) is 31.2 Å². The van der Waals surface area contributed by atoms with Crippen molar-refractivity contribution in [3.05, 3.63) is 65.2 Å². The normalized spacial score (nSPS) is 18.8. The van der Waals surface area contributed by atoms with Crippen LogP contribution >= 0.6 is 0 Å². The summed E-state index contributed by atoms with van der Waals surface area (Å²) in [5.41, 5.74) is 3.10. The van der Waals surface area contributed by atoms with Crippen molar-refractivity contribution in [3.63, 3.8) is 0 Å². The van der Waals surface area contributed by atoms with E-state index in [1.165, 1.54) is 5.56 Å². The van der Waals surface area contributed by atoms with Gasteiger partial charge in [-0.2, -0.15) is 0 Å². The number of benzene rings is 2. The van der Waals surface area contributed by atoms with Gasteiger partial charge in [0.2, 0.25) is 0 Å². The summed E-state index contributed by atoms with van der Waals surface area (Å²) in [6.07, 6.45) is 4.32. The molecule has 160 valence electrons. The zero-order valence-electron chi connectivity index (χ0n) is 17.9. The summed E-state index contributed by atoms with van der Waals surface area (Å²) in [4.78, 5) is 15.2. The third-order valence-corrected chi connectivity index (χ3v) is 6.19. The molecule has 0 spiro atoms. The molecule has 0 bridgehead atoms. The van der Waals surface area contributed by atoms with Crippen LogP contribution in [0.2, 0.25) is 0 Å². The predicted octanol–water partition coefficient (Wildman–Crippen LogP) is 3.52. The SMILES string of the molecule is Cc1cc(C(=O)NC2CCN(Cc3ccccc3)CC2)ccc1OC1CCNCC1. The fourth-order valence-corrected chi connectivity index (χ4v) is 4.36. The molecule has 30 heavy (non-hydrogen) atoms. The van der Waals surface area contributed by atoms with Gasteiger partial charge in [0.05, 0.1) is 0 Å². The van der Waals surface area contributed by atoms with Crippen molar-refractivity contribution in [2.24, 2.45) is 0 Å². The Morgan fingerprint density at radius 1 is 1.07 bits per heavy atom. The lowest BCUT2D eigenvalue weighted by molar-refractivity contribution is 0.0908. The first-order valence-corrected chi connectivity index (χ1v) is 11.2. The van der Waals surface area contributed by atoms with E-state index in [1.54, 1.807) is 0 Å². The summed E-state index contributed by atoms with van der Waals surface area (Å²) >= 11 is 0. The van der Waals surface area contributed by atoms with Crippen LogP contribution in [-0.2, 0) is 6.54 Å². The first-order chi connectivity index (χ1) is 14.7. The fourth-order valence-electron chi connectivity index (χ4n) is 4.36. The minimum atomic E-state index is 0.0213. The quantitative estimate of drug-likeness (QED) is 0.769. The van der Waals surface area contributed by atoms with Gasteiger partial charge in [0.1, 0.15) is 11.9 Å². The molecule has 0 aromatic heterocycles. The van der Waals surface area contributed by atoms with Gasteiger partial charge in [-0.1, -0.05) is 30.3 Å². The third-order valence-electron chi connectivity index (χ3n) is 6.19. The second kappa shape index (κ2) is 10.1. The van der Waals surface area contributed by atoms with E-state index in [0.717, 1.165) is 75.3 Å². The molecule has 5 nitrogen and oxygen atoms in total. The summed E-state index contributed by atoms with van der Waals surface area (Å²) in [6, 6.07) is 16.6. The van der Waals surface area contributed by atoms with Gasteiger partial charge in [-0.3, -0.25) is 9.69 Å². The lowest BCUT2D eigenvalue weighted by atomic mass is 10.0. The summed E-state index contributed by atoms with van der Waals surface area (Å²) in [5, 5.41) is 6.59. The lowest BCUT2D eigenvalue weighted by Gasteiger charge is -2.32. The average Bonchev–Trinajstić information content (AvgIpc) is 2.78. The maximum Gasteiger partial charge on any atom is 0.251 e. The van der Waals surface area contributed by atoms with E-state index in [0.29, 0.717) is 0 Å². The van der Waals surface area contributed by atoms with Gasteiger partial charge in [0.15, 0.2) is 0 Å². The standard InChI is InChI=1S/C25H33N3O2/c1-19-17-21(7-8-24(19)30-23-9-13-26-14-10-23)25(29)27-22-11-15-28(16-12-22)18-20-5-3-2-4-6-20/h2-8,17,22-23,26H,9-16,18H2,1H3,(H,27,29). The van der Waals surface area contributed by atoms with Gasteiger partial charge in [-0.15, -0.1) is 0 Å². The molecule has 2 N–H and O–H groups in total. The van der Waals surface area contributed by atoms with Crippen LogP contribution in [0, 0.1) is 6.92 Å². The van der Waals surface area contributed by atoms with E-state index in [4.69, 9.17) is 4.74 Å². The minimum absolute atomic E-state index is 0.0213. The van der Waals surface area contributed by atoms with E-state index >= 15 is 0 Å². The highest BCUT2D eigenvalue weighted by Crippen LogP contribution is 2.23. The number of likely N-dealkylation sites (tertiary alicyclic amines) is 1. The molecule has 2 aromatic carbocycles. The van der Waals surface area contributed by atoms with Crippen LogP contribution in [-0.4, -0.2) is 49.1 Å². The Morgan fingerprint density at radius 3 is 2.50 bits per heavy atom. The van der Waals surface area contributed by atoms with Crippen LogP contribution < -0.4 is 15.4 Å². The highest BCUT2D eigenvalue weighted by atomic mass is 16.5. The average molecular weight is 408 g/mol.